The zero-order valence-electron chi connectivity index (χ0n) is 9.48. The van der Waals surface area contributed by atoms with Gasteiger partial charge < -0.3 is 15.7 Å². The van der Waals surface area contributed by atoms with Crippen molar-refractivity contribution in [2.75, 3.05) is 19.7 Å². The molecule has 1 rings (SSSR count). The first-order valence-electron chi connectivity index (χ1n) is 5.83. The standard InChI is InChI=1S/C11H22N2O2/c1-2-5-13(6-7-14)11(15)8-10(12)9-3-4-9/h9-10,14H,2-8,12H2,1H3. The molecule has 0 aromatic carbocycles. The van der Waals surface area contributed by atoms with Gasteiger partial charge in [-0.05, 0) is 25.2 Å². The third kappa shape index (κ3) is 4.18. The van der Waals surface area contributed by atoms with Crippen molar-refractivity contribution < 1.29 is 9.90 Å². The number of aliphatic hydroxyl groups is 1. The van der Waals surface area contributed by atoms with E-state index in [1.807, 2.05) is 6.92 Å². The zero-order chi connectivity index (χ0) is 11.3. The Morgan fingerprint density at radius 2 is 2.20 bits per heavy atom. The van der Waals surface area contributed by atoms with Crippen molar-refractivity contribution in [2.45, 2.75) is 38.6 Å². The molecule has 0 aromatic heterocycles. The van der Waals surface area contributed by atoms with Crippen molar-refractivity contribution in [3.05, 3.63) is 0 Å². The summed E-state index contributed by atoms with van der Waals surface area (Å²) in [6.07, 6.45) is 3.69. The van der Waals surface area contributed by atoms with Crippen molar-refractivity contribution in [1.29, 1.82) is 0 Å². The third-order valence-electron chi connectivity index (χ3n) is 2.85. The van der Waals surface area contributed by atoms with E-state index < -0.39 is 0 Å². The number of nitrogens with zero attached hydrogens (tertiary/aromatic N) is 1. The molecule has 88 valence electrons. The van der Waals surface area contributed by atoms with Gasteiger partial charge in [-0.1, -0.05) is 6.92 Å². The number of carbonyl (C=O) groups excluding carboxylic acids is 1. The SMILES string of the molecule is CCCN(CCO)C(=O)CC(N)C1CC1. The fourth-order valence-electron chi connectivity index (χ4n) is 1.77. The number of carbonyl (C=O) groups is 1. The second-order valence-electron chi connectivity index (χ2n) is 4.31. The summed E-state index contributed by atoms with van der Waals surface area (Å²) in [5.41, 5.74) is 5.90. The van der Waals surface area contributed by atoms with Gasteiger partial charge in [0, 0.05) is 25.6 Å². The predicted octanol–water partition coefficient (Wildman–Crippen LogP) is 0.345. The normalized spacial score (nSPS) is 17.5. The van der Waals surface area contributed by atoms with Crippen LogP contribution in [0.15, 0.2) is 0 Å². The molecule has 4 nitrogen and oxygen atoms in total. The van der Waals surface area contributed by atoms with Gasteiger partial charge >= 0.3 is 0 Å². The van der Waals surface area contributed by atoms with Crippen molar-refractivity contribution >= 4 is 5.91 Å². The smallest absolute Gasteiger partial charge is 0.224 e. The molecule has 0 radical (unpaired) electrons. The summed E-state index contributed by atoms with van der Waals surface area (Å²) in [5.74, 6) is 0.650. The van der Waals surface area contributed by atoms with Crippen LogP contribution in [0.1, 0.15) is 32.6 Å². The van der Waals surface area contributed by atoms with Crippen LogP contribution in [0.2, 0.25) is 0 Å². The largest absolute Gasteiger partial charge is 0.395 e. The first kappa shape index (κ1) is 12.5. The first-order valence-corrected chi connectivity index (χ1v) is 5.83. The van der Waals surface area contributed by atoms with Crippen LogP contribution in [0.5, 0.6) is 0 Å². The molecular weight excluding hydrogens is 192 g/mol. The highest BCUT2D eigenvalue weighted by molar-refractivity contribution is 5.76. The van der Waals surface area contributed by atoms with E-state index in [1.165, 1.54) is 12.8 Å². The molecule has 1 aliphatic carbocycles. The molecule has 0 heterocycles. The maximum atomic E-state index is 11.8. The summed E-state index contributed by atoms with van der Waals surface area (Å²) in [6.45, 7) is 3.21. The van der Waals surface area contributed by atoms with Crippen molar-refractivity contribution in [1.82, 2.24) is 4.90 Å². The van der Waals surface area contributed by atoms with Crippen LogP contribution in [0.4, 0.5) is 0 Å². The van der Waals surface area contributed by atoms with Gasteiger partial charge in [-0.2, -0.15) is 0 Å². The van der Waals surface area contributed by atoms with E-state index >= 15 is 0 Å². The minimum absolute atomic E-state index is 0.0237. The summed E-state index contributed by atoms with van der Waals surface area (Å²) in [6, 6.07) is 0.0237. The van der Waals surface area contributed by atoms with Crippen LogP contribution in [0.25, 0.3) is 0 Å². The molecule has 4 heteroatoms. The number of hydrogen-bond acceptors (Lipinski definition) is 3. The Morgan fingerprint density at radius 3 is 2.67 bits per heavy atom. The van der Waals surface area contributed by atoms with Crippen LogP contribution >= 0.6 is 0 Å². The van der Waals surface area contributed by atoms with Crippen molar-refractivity contribution in [3.63, 3.8) is 0 Å². The van der Waals surface area contributed by atoms with E-state index in [2.05, 4.69) is 0 Å². The Kier molecular flexibility index (Phi) is 5.05. The molecule has 0 saturated heterocycles. The zero-order valence-corrected chi connectivity index (χ0v) is 9.48. The highest BCUT2D eigenvalue weighted by atomic mass is 16.3. The number of amides is 1. The van der Waals surface area contributed by atoms with E-state index in [0.29, 0.717) is 18.9 Å². The van der Waals surface area contributed by atoms with Gasteiger partial charge in [0.25, 0.3) is 0 Å². The first-order chi connectivity index (χ1) is 7.19. The highest BCUT2D eigenvalue weighted by Gasteiger charge is 2.30. The van der Waals surface area contributed by atoms with Gasteiger partial charge in [0.1, 0.15) is 0 Å². The molecule has 1 saturated carbocycles. The van der Waals surface area contributed by atoms with Crippen LogP contribution in [-0.4, -0.2) is 41.7 Å². The summed E-state index contributed by atoms with van der Waals surface area (Å²) < 4.78 is 0. The topological polar surface area (TPSA) is 66.6 Å². The maximum absolute atomic E-state index is 11.8. The van der Waals surface area contributed by atoms with E-state index in [-0.39, 0.29) is 18.6 Å². The lowest BCUT2D eigenvalue weighted by Crippen LogP contribution is -2.38. The lowest BCUT2D eigenvalue weighted by atomic mass is 10.1. The van der Waals surface area contributed by atoms with Gasteiger partial charge in [-0.15, -0.1) is 0 Å². The maximum Gasteiger partial charge on any atom is 0.224 e. The molecule has 1 atom stereocenters. The minimum Gasteiger partial charge on any atom is -0.395 e. The molecule has 0 bridgehead atoms. The average molecular weight is 214 g/mol. The number of nitrogens with two attached hydrogens (primary N) is 1. The molecular formula is C11H22N2O2. The molecule has 0 aliphatic heterocycles. The van der Waals surface area contributed by atoms with Crippen LogP contribution in [0, 0.1) is 5.92 Å². The monoisotopic (exact) mass is 214 g/mol. The van der Waals surface area contributed by atoms with Gasteiger partial charge in [-0.25, -0.2) is 0 Å². The molecule has 0 spiro atoms. The van der Waals surface area contributed by atoms with Gasteiger partial charge in [0.05, 0.1) is 6.61 Å². The Morgan fingerprint density at radius 1 is 1.53 bits per heavy atom. The molecule has 3 N–H and O–H groups in total. The molecule has 1 amide bonds. The Hall–Kier alpha value is -0.610. The molecule has 1 unspecified atom stereocenters. The molecule has 0 aromatic rings. The fourth-order valence-corrected chi connectivity index (χ4v) is 1.77. The van der Waals surface area contributed by atoms with Crippen LogP contribution < -0.4 is 5.73 Å². The lowest BCUT2D eigenvalue weighted by Gasteiger charge is -2.22. The van der Waals surface area contributed by atoms with Crippen molar-refractivity contribution in [3.8, 4) is 0 Å². The molecule has 15 heavy (non-hydrogen) atoms. The summed E-state index contributed by atoms with van der Waals surface area (Å²) >= 11 is 0. The van der Waals surface area contributed by atoms with Gasteiger partial charge in [0.2, 0.25) is 5.91 Å². The fraction of sp³-hybridized carbons (Fsp3) is 0.909. The molecule has 1 aliphatic rings. The molecule has 1 fully saturated rings. The Labute approximate surface area is 91.4 Å². The predicted molar refractivity (Wildman–Crippen MR) is 59.3 cm³/mol. The van der Waals surface area contributed by atoms with Gasteiger partial charge in [-0.3, -0.25) is 4.79 Å². The van der Waals surface area contributed by atoms with Gasteiger partial charge in [0.15, 0.2) is 0 Å². The number of rotatable bonds is 7. The minimum atomic E-state index is 0.0237. The van der Waals surface area contributed by atoms with E-state index in [4.69, 9.17) is 10.8 Å². The van der Waals surface area contributed by atoms with Crippen molar-refractivity contribution in [2.24, 2.45) is 11.7 Å². The van der Waals surface area contributed by atoms with E-state index in [9.17, 15) is 4.79 Å². The third-order valence-corrected chi connectivity index (χ3v) is 2.85. The Balaban J connectivity index is 2.32. The quantitative estimate of drug-likeness (QED) is 0.642. The van der Waals surface area contributed by atoms with Crippen LogP contribution in [0.3, 0.4) is 0 Å². The number of aliphatic hydroxyl groups excluding tert-OH is 1. The summed E-state index contributed by atoms with van der Waals surface area (Å²) in [7, 11) is 0. The lowest BCUT2D eigenvalue weighted by molar-refractivity contribution is -0.132. The number of hydrogen-bond donors (Lipinski definition) is 2. The average Bonchev–Trinajstić information content (AvgIpc) is 3.00. The second-order valence-corrected chi connectivity index (χ2v) is 4.31. The van der Waals surface area contributed by atoms with Crippen LogP contribution in [-0.2, 0) is 4.79 Å². The summed E-state index contributed by atoms with van der Waals surface area (Å²) in [4.78, 5) is 13.5. The highest BCUT2D eigenvalue weighted by Crippen LogP contribution is 2.32. The summed E-state index contributed by atoms with van der Waals surface area (Å²) in [5, 5.41) is 8.84. The van der Waals surface area contributed by atoms with E-state index in [1.54, 1.807) is 4.90 Å². The second kappa shape index (κ2) is 6.08. The Bertz CT molecular complexity index is 199. The van der Waals surface area contributed by atoms with E-state index in [0.717, 1.165) is 13.0 Å².